The Labute approximate surface area is 128 Å². The van der Waals surface area contributed by atoms with Crippen LogP contribution < -0.4 is 4.74 Å². The Morgan fingerprint density at radius 2 is 2.19 bits per heavy atom. The molecule has 1 saturated carbocycles. The second kappa shape index (κ2) is 5.53. The summed E-state index contributed by atoms with van der Waals surface area (Å²) in [6.45, 7) is 2.09. The second-order valence-corrected chi connectivity index (χ2v) is 5.44. The van der Waals surface area contributed by atoms with Gasteiger partial charge in [-0.25, -0.2) is 4.79 Å². The third kappa shape index (κ3) is 2.56. The largest absolute Gasteiger partial charge is 0.497 e. The van der Waals surface area contributed by atoms with Crippen molar-refractivity contribution in [2.24, 2.45) is 0 Å². The lowest BCUT2D eigenvalue weighted by atomic mass is 10.1. The maximum absolute atomic E-state index is 12.2. The van der Waals surface area contributed by atoms with E-state index in [9.17, 15) is 4.79 Å². The molecule has 0 amide bonds. The van der Waals surface area contributed by atoms with Crippen LogP contribution in [0.25, 0.3) is 10.9 Å². The zero-order chi connectivity index (χ0) is 15.0. The van der Waals surface area contributed by atoms with E-state index in [2.05, 4.69) is 4.98 Å². The molecule has 3 rings (SSSR count). The van der Waals surface area contributed by atoms with Gasteiger partial charge in [0.15, 0.2) is 0 Å². The lowest BCUT2D eigenvalue weighted by Crippen LogP contribution is -2.10. The molecule has 0 aliphatic heterocycles. The van der Waals surface area contributed by atoms with Crippen LogP contribution in [-0.2, 0) is 4.74 Å². The molecule has 0 N–H and O–H groups in total. The van der Waals surface area contributed by atoms with Crippen LogP contribution in [0.3, 0.4) is 0 Å². The van der Waals surface area contributed by atoms with Crippen LogP contribution >= 0.6 is 11.6 Å². The molecule has 1 aromatic heterocycles. The molecule has 21 heavy (non-hydrogen) atoms. The van der Waals surface area contributed by atoms with Crippen molar-refractivity contribution in [2.45, 2.75) is 25.7 Å². The minimum atomic E-state index is -0.401. The molecule has 1 fully saturated rings. The first-order valence-corrected chi connectivity index (χ1v) is 7.37. The van der Waals surface area contributed by atoms with Gasteiger partial charge in [-0.1, -0.05) is 11.6 Å². The molecule has 5 heteroatoms. The maximum Gasteiger partial charge on any atom is 0.341 e. The molecule has 0 saturated heterocycles. The summed E-state index contributed by atoms with van der Waals surface area (Å²) >= 11 is 6.48. The number of nitrogens with zero attached hydrogens (tertiary/aromatic N) is 1. The Morgan fingerprint density at radius 3 is 2.81 bits per heavy atom. The van der Waals surface area contributed by atoms with E-state index in [1.165, 1.54) is 0 Å². The van der Waals surface area contributed by atoms with Crippen LogP contribution in [0.5, 0.6) is 5.75 Å². The lowest BCUT2D eigenvalue weighted by molar-refractivity contribution is 0.0525. The summed E-state index contributed by atoms with van der Waals surface area (Å²) in [5.74, 6) is 0.593. The summed E-state index contributed by atoms with van der Waals surface area (Å²) in [6, 6.07) is 5.50. The monoisotopic (exact) mass is 305 g/mol. The fourth-order valence-electron chi connectivity index (χ4n) is 2.40. The molecule has 0 radical (unpaired) electrons. The van der Waals surface area contributed by atoms with Crippen molar-refractivity contribution in [1.29, 1.82) is 0 Å². The van der Waals surface area contributed by atoms with Gasteiger partial charge in [-0.3, -0.25) is 4.98 Å². The number of aromatic nitrogens is 1. The van der Waals surface area contributed by atoms with Crippen LogP contribution in [0.4, 0.5) is 0 Å². The Bertz CT molecular complexity index is 710. The lowest BCUT2D eigenvalue weighted by Gasteiger charge is -2.13. The van der Waals surface area contributed by atoms with Gasteiger partial charge in [-0.2, -0.15) is 0 Å². The number of hydrogen-bond donors (Lipinski definition) is 0. The number of carbonyl (C=O) groups excluding carboxylic acids is 1. The summed E-state index contributed by atoms with van der Waals surface area (Å²) in [5.41, 5.74) is 1.94. The highest BCUT2D eigenvalue weighted by molar-refractivity contribution is 6.38. The Kier molecular flexibility index (Phi) is 3.72. The summed E-state index contributed by atoms with van der Waals surface area (Å²) < 4.78 is 10.4. The molecular weight excluding hydrogens is 290 g/mol. The minimum absolute atomic E-state index is 0.313. The van der Waals surface area contributed by atoms with E-state index in [0.29, 0.717) is 34.2 Å². The molecule has 1 aliphatic rings. The van der Waals surface area contributed by atoms with Gasteiger partial charge >= 0.3 is 5.97 Å². The number of benzene rings is 1. The molecule has 0 atom stereocenters. The number of ether oxygens (including phenoxy) is 2. The van der Waals surface area contributed by atoms with E-state index in [0.717, 1.165) is 24.1 Å². The number of methoxy groups -OCH3 is 1. The molecule has 1 aliphatic carbocycles. The number of halogens is 1. The van der Waals surface area contributed by atoms with Crippen molar-refractivity contribution in [1.82, 2.24) is 4.98 Å². The van der Waals surface area contributed by atoms with E-state index < -0.39 is 5.97 Å². The Balaban J connectivity index is 2.23. The predicted octanol–water partition coefficient (Wildman–Crippen LogP) is 3.95. The summed E-state index contributed by atoms with van der Waals surface area (Å²) in [7, 11) is 1.59. The molecule has 110 valence electrons. The average Bonchev–Trinajstić information content (AvgIpc) is 3.31. The van der Waals surface area contributed by atoms with Crippen LogP contribution in [0.15, 0.2) is 18.2 Å². The van der Waals surface area contributed by atoms with Crippen molar-refractivity contribution >= 4 is 28.5 Å². The molecule has 1 heterocycles. The highest BCUT2D eigenvalue weighted by atomic mass is 35.5. The molecule has 2 aromatic rings. The van der Waals surface area contributed by atoms with Gasteiger partial charge in [-0.15, -0.1) is 0 Å². The van der Waals surface area contributed by atoms with Gasteiger partial charge in [0.05, 0.1) is 29.9 Å². The maximum atomic E-state index is 12.2. The minimum Gasteiger partial charge on any atom is -0.497 e. The number of rotatable bonds is 4. The third-order valence-corrected chi connectivity index (χ3v) is 3.99. The predicted molar refractivity (Wildman–Crippen MR) is 81.2 cm³/mol. The first kappa shape index (κ1) is 14.1. The zero-order valence-electron chi connectivity index (χ0n) is 12.0. The quantitative estimate of drug-likeness (QED) is 0.802. The standard InChI is InChI=1S/C16H16ClNO3/c1-3-21-16(19)13-14(17)11-8-10(20-2)6-7-12(11)18-15(13)9-4-5-9/h6-9H,3-5H2,1-2H3. The van der Waals surface area contributed by atoms with Crippen LogP contribution in [0.1, 0.15) is 41.7 Å². The fraction of sp³-hybridized carbons (Fsp3) is 0.375. The topological polar surface area (TPSA) is 48.4 Å². The normalized spacial score (nSPS) is 14.2. The number of esters is 1. The summed E-state index contributed by atoms with van der Waals surface area (Å²) in [5, 5.41) is 1.11. The van der Waals surface area contributed by atoms with Gasteiger partial charge in [0.2, 0.25) is 0 Å². The number of fused-ring (bicyclic) bond motifs is 1. The molecular formula is C16H16ClNO3. The van der Waals surface area contributed by atoms with E-state index in [4.69, 9.17) is 21.1 Å². The van der Waals surface area contributed by atoms with Gasteiger partial charge in [0.25, 0.3) is 0 Å². The van der Waals surface area contributed by atoms with Crippen molar-refractivity contribution in [3.05, 3.63) is 34.5 Å². The molecule has 4 nitrogen and oxygen atoms in total. The Hall–Kier alpha value is -1.81. The van der Waals surface area contributed by atoms with Gasteiger partial charge in [0.1, 0.15) is 11.3 Å². The van der Waals surface area contributed by atoms with E-state index >= 15 is 0 Å². The molecule has 0 unspecified atom stereocenters. The number of pyridine rings is 1. The van der Waals surface area contributed by atoms with E-state index in [-0.39, 0.29) is 0 Å². The van der Waals surface area contributed by atoms with Crippen LogP contribution in [-0.4, -0.2) is 24.7 Å². The van der Waals surface area contributed by atoms with E-state index in [1.54, 1.807) is 20.1 Å². The van der Waals surface area contributed by atoms with Gasteiger partial charge < -0.3 is 9.47 Å². The van der Waals surface area contributed by atoms with E-state index in [1.807, 2.05) is 12.1 Å². The van der Waals surface area contributed by atoms with Crippen LogP contribution in [0.2, 0.25) is 5.02 Å². The first-order chi connectivity index (χ1) is 10.2. The molecule has 0 bridgehead atoms. The highest BCUT2D eigenvalue weighted by Gasteiger charge is 2.32. The number of hydrogen-bond acceptors (Lipinski definition) is 4. The smallest absolute Gasteiger partial charge is 0.341 e. The molecule has 1 aromatic carbocycles. The van der Waals surface area contributed by atoms with Gasteiger partial charge in [0, 0.05) is 11.3 Å². The number of carbonyl (C=O) groups is 1. The average molecular weight is 306 g/mol. The second-order valence-electron chi connectivity index (χ2n) is 5.06. The third-order valence-electron chi connectivity index (χ3n) is 3.60. The van der Waals surface area contributed by atoms with Crippen molar-refractivity contribution in [2.75, 3.05) is 13.7 Å². The van der Waals surface area contributed by atoms with Crippen molar-refractivity contribution < 1.29 is 14.3 Å². The summed E-state index contributed by atoms with van der Waals surface area (Å²) in [6.07, 6.45) is 2.08. The van der Waals surface area contributed by atoms with Crippen LogP contribution in [0, 0.1) is 0 Å². The highest BCUT2D eigenvalue weighted by Crippen LogP contribution is 2.44. The Morgan fingerprint density at radius 1 is 1.43 bits per heavy atom. The first-order valence-electron chi connectivity index (χ1n) is 7.00. The SMILES string of the molecule is CCOC(=O)c1c(C2CC2)nc2ccc(OC)cc2c1Cl. The summed E-state index contributed by atoms with van der Waals surface area (Å²) in [4.78, 5) is 16.9. The van der Waals surface area contributed by atoms with Crippen molar-refractivity contribution in [3.63, 3.8) is 0 Å². The fourth-order valence-corrected chi connectivity index (χ4v) is 2.72. The zero-order valence-corrected chi connectivity index (χ0v) is 12.7. The van der Waals surface area contributed by atoms with Crippen molar-refractivity contribution in [3.8, 4) is 5.75 Å². The molecule has 0 spiro atoms. The van der Waals surface area contributed by atoms with Gasteiger partial charge in [-0.05, 0) is 38.0 Å².